The molecule has 0 saturated carbocycles. The van der Waals surface area contributed by atoms with E-state index in [1.807, 2.05) is 47.5 Å². The van der Waals surface area contributed by atoms with Gasteiger partial charge in [0.15, 0.2) is 0 Å². The Hall–Kier alpha value is -2.46. The van der Waals surface area contributed by atoms with Gasteiger partial charge in [-0.1, -0.05) is 38.1 Å². The van der Waals surface area contributed by atoms with Crippen molar-refractivity contribution in [2.75, 3.05) is 6.54 Å². The fourth-order valence-corrected chi connectivity index (χ4v) is 5.24. The lowest BCUT2D eigenvalue weighted by molar-refractivity contribution is -0.154. The van der Waals surface area contributed by atoms with Gasteiger partial charge in [0.1, 0.15) is 0 Å². The second-order valence-electron chi connectivity index (χ2n) is 8.57. The molecule has 1 N–H and O–H groups in total. The van der Waals surface area contributed by atoms with Crippen LogP contribution in [0.2, 0.25) is 0 Å². The van der Waals surface area contributed by atoms with E-state index in [-0.39, 0.29) is 11.9 Å². The summed E-state index contributed by atoms with van der Waals surface area (Å²) in [4.78, 5) is 19.7. The minimum absolute atomic E-state index is 0.0249. The zero-order chi connectivity index (χ0) is 18.8. The molecular weight excluding hydrogens is 336 g/mol. The first-order chi connectivity index (χ1) is 12.9. The van der Waals surface area contributed by atoms with Gasteiger partial charge in [-0.15, -0.1) is 0 Å². The van der Waals surface area contributed by atoms with Gasteiger partial charge in [-0.3, -0.25) is 9.79 Å². The third kappa shape index (κ3) is 2.19. The lowest BCUT2D eigenvalue weighted by atomic mass is 9.56. The molecule has 27 heavy (non-hydrogen) atoms. The first-order valence-corrected chi connectivity index (χ1v) is 9.69. The molecule has 0 aromatic heterocycles. The van der Waals surface area contributed by atoms with Crippen LogP contribution in [0.5, 0.6) is 0 Å². The molecule has 1 aliphatic carbocycles. The Labute approximate surface area is 159 Å². The SMILES string of the molecule is CC1(C)C2Cc3ccccc3C1(O)CCN2C(=O)c1ccc2c(c1)CC=N2. The van der Waals surface area contributed by atoms with Crippen LogP contribution in [0.4, 0.5) is 5.69 Å². The van der Waals surface area contributed by atoms with Crippen LogP contribution in [0.25, 0.3) is 0 Å². The molecular formula is C23H24N2O2. The third-order valence-corrected chi connectivity index (χ3v) is 6.99. The molecule has 2 unspecified atom stereocenters. The summed E-state index contributed by atoms with van der Waals surface area (Å²) < 4.78 is 0. The summed E-state index contributed by atoms with van der Waals surface area (Å²) >= 11 is 0. The zero-order valence-electron chi connectivity index (χ0n) is 15.8. The number of rotatable bonds is 1. The number of nitrogens with zero attached hydrogens (tertiary/aromatic N) is 2. The number of amides is 1. The van der Waals surface area contributed by atoms with Crippen molar-refractivity contribution >= 4 is 17.8 Å². The Balaban J connectivity index is 1.54. The number of likely N-dealkylation sites (tertiary alicyclic amines) is 1. The first kappa shape index (κ1) is 16.7. The largest absolute Gasteiger partial charge is 0.384 e. The van der Waals surface area contributed by atoms with Gasteiger partial charge in [0, 0.05) is 36.2 Å². The van der Waals surface area contributed by atoms with Crippen LogP contribution < -0.4 is 0 Å². The van der Waals surface area contributed by atoms with Crippen LogP contribution in [0.15, 0.2) is 47.5 Å². The molecule has 2 aromatic rings. The molecule has 0 spiro atoms. The normalized spacial score (nSPS) is 27.2. The Morgan fingerprint density at radius 3 is 2.85 bits per heavy atom. The molecule has 4 nitrogen and oxygen atoms in total. The molecule has 2 aliphatic heterocycles. The summed E-state index contributed by atoms with van der Waals surface area (Å²) in [5.74, 6) is 0.0595. The van der Waals surface area contributed by atoms with Gasteiger partial charge < -0.3 is 10.0 Å². The summed E-state index contributed by atoms with van der Waals surface area (Å²) in [7, 11) is 0. The summed E-state index contributed by atoms with van der Waals surface area (Å²) in [6, 6.07) is 13.9. The van der Waals surface area contributed by atoms with Crippen molar-refractivity contribution in [2.45, 2.75) is 44.8 Å². The quantitative estimate of drug-likeness (QED) is 0.844. The fourth-order valence-electron chi connectivity index (χ4n) is 5.24. The lowest BCUT2D eigenvalue weighted by Gasteiger charge is -2.59. The molecule has 2 bridgehead atoms. The number of hydrogen-bond acceptors (Lipinski definition) is 3. The van der Waals surface area contributed by atoms with E-state index in [1.54, 1.807) is 0 Å². The van der Waals surface area contributed by atoms with E-state index < -0.39 is 11.0 Å². The van der Waals surface area contributed by atoms with Gasteiger partial charge in [0.25, 0.3) is 5.91 Å². The van der Waals surface area contributed by atoms with E-state index in [0.29, 0.717) is 13.0 Å². The monoisotopic (exact) mass is 360 g/mol. The maximum atomic E-state index is 13.4. The number of carbonyl (C=O) groups is 1. The predicted octanol–water partition coefficient (Wildman–Crippen LogP) is 3.63. The molecule has 5 rings (SSSR count). The van der Waals surface area contributed by atoms with E-state index in [9.17, 15) is 9.90 Å². The minimum atomic E-state index is -0.894. The Morgan fingerprint density at radius 1 is 1.19 bits per heavy atom. The van der Waals surface area contributed by atoms with Crippen LogP contribution in [0, 0.1) is 5.41 Å². The van der Waals surface area contributed by atoms with Gasteiger partial charge in [-0.25, -0.2) is 0 Å². The van der Waals surface area contributed by atoms with Crippen molar-refractivity contribution in [3.05, 3.63) is 64.7 Å². The lowest BCUT2D eigenvalue weighted by Crippen LogP contribution is -2.65. The predicted molar refractivity (Wildman–Crippen MR) is 106 cm³/mol. The molecule has 1 amide bonds. The molecule has 4 heteroatoms. The second-order valence-corrected chi connectivity index (χ2v) is 8.57. The van der Waals surface area contributed by atoms with Crippen LogP contribution >= 0.6 is 0 Å². The minimum Gasteiger partial charge on any atom is -0.384 e. The van der Waals surface area contributed by atoms with Crippen LogP contribution in [0.1, 0.15) is 47.3 Å². The fraction of sp³-hybridized carbons (Fsp3) is 0.391. The molecule has 2 atom stereocenters. The summed E-state index contributed by atoms with van der Waals surface area (Å²) in [5.41, 5.74) is 3.69. The molecule has 3 aliphatic rings. The Kier molecular flexibility index (Phi) is 3.41. The summed E-state index contributed by atoms with van der Waals surface area (Å²) in [6.07, 6.45) is 4.03. The van der Waals surface area contributed by atoms with Crippen molar-refractivity contribution in [3.8, 4) is 0 Å². The van der Waals surface area contributed by atoms with E-state index >= 15 is 0 Å². The van der Waals surface area contributed by atoms with E-state index in [2.05, 4.69) is 24.9 Å². The highest BCUT2D eigenvalue weighted by atomic mass is 16.3. The number of fused-ring (bicyclic) bond motifs is 5. The molecule has 0 radical (unpaired) electrons. The smallest absolute Gasteiger partial charge is 0.254 e. The number of aliphatic imine (C=N–C) groups is 1. The summed E-state index contributed by atoms with van der Waals surface area (Å²) in [5, 5.41) is 11.6. The summed E-state index contributed by atoms with van der Waals surface area (Å²) in [6.45, 7) is 4.78. The van der Waals surface area contributed by atoms with Crippen molar-refractivity contribution in [2.24, 2.45) is 10.4 Å². The number of hydrogen-bond donors (Lipinski definition) is 1. The number of piperidine rings is 1. The van der Waals surface area contributed by atoms with Crippen molar-refractivity contribution in [3.63, 3.8) is 0 Å². The maximum absolute atomic E-state index is 13.4. The van der Waals surface area contributed by atoms with Crippen molar-refractivity contribution < 1.29 is 9.90 Å². The molecule has 2 heterocycles. The first-order valence-electron chi connectivity index (χ1n) is 9.69. The molecule has 1 fully saturated rings. The van der Waals surface area contributed by atoms with Gasteiger partial charge in [0.05, 0.1) is 11.3 Å². The van der Waals surface area contributed by atoms with Crippen LogP contribution in [-0.4, -0.2) is 34.7 Å². The second kappa shape index (κ2) is 5.52. The van der Waals surface area contributed by atoms with Crippen LogP contribution in [0.3, 0.4) is 0 Å². The Morgan fingerprint density at radius 2 is 2.00 bits per heavy atom. The highest BCUT2D eigenvalue weighted by Gasteiger charge is 2.58. The maximum Gasteiger partial charge on any atom is 0.254 e. The van der Waals surface area contributed by atoms with Gasteiger partial charge in [-0.05, 0) is 47.7 Å². The zero-order valence-corrected chi connectivity index (χ0v) is 15.8. The average molecular weight is 360 g/mol. The van der Waals surface area contributed by atoms with Gasteiger partial charge >= 0.3 is 0 Å². The number of aliphatic hydroxyl groups is 1. The highest BCUT2D eigenvalue weighted by Crippen LogP contribution is 2.54. The van der Waals surface area contributed by atoms with E-state index in [0.717, 1.165) is 40.8 Å². The average Bonchev–Trinajstić information content (AvgIpc) is 3.12. The molecule has 2 aromatic carbocycles. The van der Waals surface area contributed by atoms with E-state index in [1.165, 1.54) is 0 Å². The standard InChI is InChI=1S/C23H24N2O2/c1-22(2)20-14-15-5-3-4-6-18(15)23(22,27)10-12-25(20)21(26)17-7-8-19-16(13-17)9-11-24-19/h3-8,11,13,20,27H,9-10,12,14H2,1-2H3. The van der Waals surface area contributed by atoms with Crippen LogP contribution in [-0.2, 0) is 18.4 Å². The van der Waals surface area contributed by atoms with Gasteiger partial charge in [-0.2, -0.15) is 0 Å². The third-order valence-electron chi connectivity index (χ3n) is 6.99. The van der Waals surface area contributed by atoms with Crippen molar-refractivity contribution in [1.82, 2.24) is 4.90 Å². The highest BCUT2D eigenvalue weighted by molar-refractivity contribution is 5.96. The molecule has 138 valence electrons. The number of benzene rings is 2. The van der Waals surface area contributed by atoms with Crippen molar-refractivity contribution in [1.29, 1.82) is 0 Å². The van der Waals surface area contributed by atoms with E-state index in [4.69, 9.17) is 0 Å². The van der Waals surface area contributed by atoms with Gasteiger partial charge in [0.2, 0.25) is 0 Å². The number of carbonyl (C=O) groups excluding carboxylic acids is 1. The molecule has 1 saturated heterocycles. The Bertz CT molecular complexity index is 978. The topological polar surface area (TPSA) is 52.9 Å².